The first-order chi connectivity index (χ1) is 7.06. The summed E-state index contributed by atoms with van der Waals surface area (Å²) in [5, 5.41) is 0. The summed E-state index contributed by atoms with van der Waals surface area (Å²) in [6.07, 6.45) is 5.26. The lowest BCUT2D eigenvalue weighted by molar-refractivity contribution is -0.139. The quantitative estimate of drug-likeness (QED) is 0.541. The standard InChI is InChI=1S/C12H19BrO2/c1-10(7-8-15-12(3)14)5-4-6-11(2)9-13/h7,9H,4-6,8H2,1-3H3/b10-7+,11-9+. The molecule has 0 aromatic rings. The van der Waals surface area contributed by atoms with Gasteiger partial charge in [-0.2, -0.15) is 0 Å². The zero-order chi connectivity index (χ0) is 11.7. The largest absolute Gasteiger partial charge is 0.462 e. The fourth-order valence-electron chi connectivity index (χ4n) is 1.10. The van der Waals surface area contributed by atoms with E-state index in [2.05, 4.69) is 29.8 Å². The first kappa shape index (κ1) is 14.4. The minimum Gasteiger partial charge on any atom is -0.462 e. The van der Waals surface area contributed by atoms with E-state index < -0.39 is 0 Å². The molecule has 0 aliphatic carbocycles. The van der Waals surface area contributed by atoms with Crippen LogP contribution in [0.4, 0.5) is 0 Å². The van der Waals surface area contributed by atoms with Crippen molar-refractivity contribution in [1.29, 1.82) is 0 Å². The van der Waals surface area contributed by atoms with Crippen LogP contribution in [0.2, 0.25) is 0 Å². The van der Waals surface area contributed by atoms with Crippen LogP contribution in [0.25, 0.3) is 0 Å². The van der Waals surface area contributed by atoms with Crippen molar-refractivity contribution in [2.45, 2.75) is 40.0 Å². The minimum absolute atomic E-state index is 0.225. The third-order valence-corrected chi connectivity index (χ3v) is 2.83. The molecule has 0 saturated carbocycles. The minimum atomic E-state index is -0.225. The molecule has 0 atom stereocenters. The fraction of sp³-hybridized carbons (Fsp3) is 0.583. The lowest BCUT2D eigenvalue weighted by Crippen LogP contribution is -1.98. The molecule has 2 nitrogen and oxygen atoms in total. The molecule has 86 valence electrons. The van der Waals surface area contributed by atoms with Crippen LogP contribution in [0.5, 0.6) is 0 Å². The van der Waals surface area contributed by atoms with E-state index in [0.717, 1.165) is 19.3 Å². The number of halogens is 1. The van der Waals surface area contributed by atoms with E-state index in [0.29, 0.717) is 6.61 Å². The highest BCUT2D eigenvalue weighted by atomic mass is 79.9. The monoisotopic (exact) mass is 274 g/mol. The number of allylic oxidation sites excluding steroid dienone is 2. The molecule has 0 aromatic carbocycles. The SMILES string of the molecule is CC(=O)OC/C=C(\C)CCC/C(C)=C/Br. The highest BCUT2D eigenvalue weighted by Gasteiger charge is 1.94. The van der Waals surface area contributed by atoms with Crippen LogP contribution < -0.4 is 0 Å². The van der Waals surface area contributed by atoms with Gasteiger partial charge in [-0.05, 0) is 44.2 Å². The van der Waals surface area contributed by atoms with E-state index in [4.69, 9.17) is 4.74 Å². The van der Waals surface area contributed by atoms with E-state index >= 15 is 0 Å². The van der Waals surface area contributed by atoms with Crippen molar-refractivity contribution < 1.29 is 9.53 Å². The average Bonchev–Trinajstić information content (AvgIpc) is 2.17. The fourth-order valence-corrected chi connectivity index (χ4v) is 1.33. The molecule has 0 aliphatic heterocycles. The molecule has 0 rings (SSSR count). The second-order valence-electron chi connectivity index (χ2n) is 3.66. The van der Waals surface area contributed by atoms with E-state index in [9.17, 15) is 4.79 Å². The second-order valence-corrected chi connectivity index (χ2v) is 4.12. The number of carbonyl (C=O) groups is 1. The summed E-state index contributed by atoms with van der Waals surface area (Å²) in [4.78, 5) is 12.5. The van der Waals surface area contributed by atoms with Gasteiger partial charge in [-0.15, -0.1) is 0 Å². The van der Waals surface area contributed by atoms with Crippen molar-refractivity contribution in [3.8, 4) is 0 Å². The predicted molar refractivity (Wildman–Crippen MR) is 66.9 cm³/mol. The zero-order valence-corrected chi connectivity index (χ0v) is 11.3. The normalized spacial score (nSPS) is 12.8. The summed E-state index contributed by atoms with van der Waals surface area (Å²) >= 11 is 3.31. The molecular weight excluding hydrogens is 256 g/mol. The molecule has 0 N–H and O–H groups in total. The van der Waals surface area contributed by atoms with Gasteiger partial charge in [-0.3, -0.25) is 4.79 Å². The molecule has 0 amide bonds. The van der Waals surface area contributed by atoms with Crippen LogP contribution in [0.15, 0.2) is 22.2 Å². The van der Waals surface area contributed by atoms with E-state index in [1.807, 2.05) is 11.1 Å². The van der Waals surface area contributed by atoms with Gasteiger partial charge in [0.2, 0.25) is 0 Å². The molecule has 0 spiro atoms. The number of carbonyl (C=O) groups excluding carboxylic acids is 1. The van der Waals surface area contributed by atoms with Crippen LogP contribution in [0, 0.1) is 0 Å². The van der Waals surface area contributed by atoms with Gasteiger partial charge >= 0.3 is 5.97 Å². The molecule has 15 heavy (non-hydrogen) atoms. The van der Waals surface area contributed by atoms with Gasteiger partial charge in [-0.1, -0.05) is 27.1 Å². The number of ether oxygens (including phenoxy) is 1. The second kappa shape index (κ2) is 8.72. The summed E-state index contributed by atoms with van der Waals surface area (Å²) in [6, 6.07) is 0. The van der Waals surface area contributed by atoms with Crippen molar-refractivity contribution in [2.24, 2.45) is 0 Å². The zero-order valence-electron chi connectivity index (χ0n) is 9.68. The van der Waals surface area contributed by atoms with Crippen molar-refractivity contribution in [1.82, 2.24) is 0 Å². The molecule has 0 heterocycles. The van der Waals surface area contributed by atoms with E-state index in [1.165, 1.54) is 18.1 Å². The molecular formula is C12H19BrO2. The predicted octanol–water partition coefficient (Wildman–Crippen LogP) is 3.96. The maximum absolute atomic E-state index is 10.5. The number of hydrogen-bond acceptors (Lipinski definition) is 2. The number of rotatable bonds is 6. The van der Waals surface area contributed by atoms with Gasteiger partial charge in [0.05, 0.1) is 0 Å². The van der Waals surface area contributed by atoms with Crippen molar-refractivity contribution in [3.63, 3.8) is 0 Å². The third kappa shape index (κ3) is 9.73. The maximum atomic E-state index is 10.5. The molecule has 0 aromatic heterocycles. The van der Waals surface area contributed by atoms with E-state index in [1.54, 1.807) is 0 Å². The van der Waals surface area contributed by atoms with Crippen LogP contribution >= 0.6 is 15.9 Å². The Kier molecular flexibility index (Phi) is 8.38. The van der Waals surface area contributed by atoms with Crippen molar-refractivity contribution in [2.75, 3.05) is 6.61 Å². The maximum Gasteiger partial charge on any atom is 0.302 e. The van der Waals surface area contributed by atoms with Gasteiger partial charge in [0.1, 0.15) is 6.61 Å². The van der Waals surface area contributed by atoms with Gasteiger partial charge < -0.3 is 4.74 Å². The summed E-state index contributed by atoms with van der Waals surface area (Å²) in [5.41, 5.74) is 2.63. The number of hydrogen-bond donors (Lipinski definition) is 0. The van der Waals surface area contributed by atoms with Crippen LogP contribution in [-0.4, -0.2) is 12.6 Å². The lowest BCUT2D eigenvalue weighted by atomic mass is 10.1. The Morgan fingerprint density at radius 3 is 2.33 bits per heavy atom. The molecule has 0 bridgehead atoms. The van der Waals surface area contributed by atoms with Crippen LogP contribution in [0.1, 0.15) is 40.0 Å². The highest BCUT2D eigenvalue weighted by molar-refractivity contribution is 9.11. The molecule has 0 saturated heterocycles. The topological polar surface area (TPSA) is 26.3 Å². The summed E-state index contributed by atoms with van der Waals surface area (Å²) in [6.45, 7) is 5.99. The Morgan fingerprint density at radius 2 is 1.80 bits per heavy atom. The Bertz CT molecular complexity index is 254. The first-order valence-electron chi connectivity index (χ1n) is 5.11. The summed E-state index contributed by atoms with van der Waals surface area (Å²) < 4.78 is 4.83. The van der Waals surface area contributed by atoms with Gasteiger partial charge in [0.15, 0.2) is 0 Å². The average molecular weight is 275 g/mol. The smallest absolute Gasteiger partial charge is 0.302 e. The van der Waals surface area contributed by atoms with Crippen molar-refractivity contribution >= 4 is 21.9 Å². The summed E-state index contributed by atoms with van der Waals surface area (Å²) in [7, 11) is 0. The molecule has 0 radical (unpaired) electrons. The third-order valence-electron chi connectivity index (χ3n) is 2.05. The van der Waals surface area contributed by atoms with Crippen LogP contribution in [0.3, 0.4) is 0 Å². The molecule has 0 unspecified atom stereocenters. The number of esters is 1. The van der Waals surface area contributed by atoms with Gasteiger partial charge in [0, 0.05) is 6.92 Å². The molecule has 0 aliphatic rings. The van der Waals surface area contributed by atoms with Gasteiger partial charge in [-0.25, -0.2) is 0 Å². The molecule has 3 heteroatoms. The Balaban J connectivity index is 3.64. The molecule has 0 fully saturated rings. The Morgan fingerprint density at radius 1 is 1.20 bits per heavy atom. The Hall–Kier alpha value is -0.570. The lowest BCUT2D eigenvalue weighted by Gasteiger charge is -2.02. The Labute approximate surface area is 101 Å². The van der Waals surface area contributed by atoms with Gasteiger partial charge in [0.25, 0.3) is 0 Å². The summed E-state index contributed by atoms with van der Waals surface area (Å²) in [5.74, 6) is -0.225. The van der Waals surface area contributed by atoms with E-state index in [-0.39, 0.29) is 5.97 Å². The van der Waals surface area contributed by atoms with Crippen LogP contribution in [-0.2, 0) is 9.53 Å². The highest BCUT2D eigenvalue weighted by Crippen LogP contribution is 2.12. The van der Waals surface area contributed by atoms with Crippen molar-refractivity contribution in [3.05, 3.63) is 22.2 Å². The first-order valence-corrected chi connectivity index (χ1v) is 6.02.